The molecule has 0 saturated heterocycles. The molecule has 0 spiro atoms. The number of benzene rings is 1. The van der Waals surface area contributed by atoms with Crippen molar-refractivity contribution in [1.29, 1.82) is 0 Å². The van der Waals surface area contributed by atoms with Gasteiger partial charge >= 0.3 is 0 Å². The summed E-state index contributed by atoms with van der Waals surface area (Å²) in [5.74, 6) is 0. The first-order chi connectivity index (χ1) is 9.60. The van der Waals surface area contributed by atoms with Gasteiger partial charge in [0.15, 0.2) is 6.79 Å². The maximum Gasteiger partial charge on any atom is 0.275 e. The average molecular weight is 298 g/mol. The van der Waals surface area contributed by atoms with Crippen LogP contribution in [0.4, 0.5) is 0 Å². The van der Waals surface area contributed by atoms with Gasteiger partial charge in [-0.15, -0.1) is 0 Å². The van der Waals surface area contributed by atoms with E-state index in [0.717, 1.165) is 18.4 Å². The molecule has 20 heavy (non-hydrogen) atoms. The largest absolute Gasteiger partial charge is 0.349 e. The summed E-state index contributed by atoms with van der Waals surface area (Å²) >= 11 is 0. The second-order valence-electron chi connectivity index (χ2n) is 5.31. The molecule has 0 radical (unpaired) electrons. The Morgan fingerprint density at radius 1 is 1.20 bits per heavy atom. The van der Waals surface area contributed by atoms with Crippen LogP contribution >= 0.6 is 0 Å². The smallest absolute Gasteiger partial charge is 0.275 e. The van der Waals surface area contributed by atoms with E-state index in [2.05, 4.69) is 6.92 Å². The Balaban J connectivity index is 1.76. The molecular formula is C15H22O4S. The standard InChI is InChI=1S/C15H22O4S/c1-2-3-9-15(10-11-15)20(16,17)19-13-18-12-14-7-5-4-6-8-14/h4-8H,2-3,9-13H2,1H3. The molecule has 0 atom stereocenters. The Morgan fingerprint density at radius 3 is 2.50 bits per heavy atom. The van der Waals surface area contributed by atoms with Gasteiger partial charge in [0.1, 0.15) is 0 Å². The normalized spacial score (nSPS) is 17.1. The van der Waals surface area contributed by atoms with Gasteiger partial charge < -0.3 is 4.74 Å². The lowest BCUT2D eigenvalue weighted by Gasteiger charge is -2.15. The van der Waals surface area contributed by atoms with Crippen molar-refractivity contribution < 1.29 is 17.3 Å². The third kappa shape index (κ3) is 3.81. The van der Waals surface area contributed by atoms with Crippen LogP contribution in [0.15, 0.2) is 30.3 Å². The van der Waals surface area contributed by atoms with Crippen LogP contribution in [0, 0.1) is 0 Å². The van der Waals surface area contributed by atoms with E-state index in [1.165, 1.54) is 0 Å². The molecule has 2 rings (SSSR count). The highest BCUT2D eigenvalue weighted by Gasteiger charge is 2.54. The monoisotopic (exact) mass is 298 g/mol. The third-order valence-electron chi connectivity index (χ3n) is 3.72. The van der Waals surface area contributed by atoms with Crippen LogP contribution in [0.1, 0.15) is 44.6 Å². The fourth-order valence-corrected chi connectivity index (χ4v) is 3.66. The minimum Gasteiger partial charge on any atom is -0.349 e. The Hall–Kier alpha value is -0.910. The van der Waals surface area contributed by atoms with E-state index in [1.54, 1.807) is 0 Å². The first-order valence-corrected chi connectivity index (χ1v) is 8.51. The fourth-order valence-electron chi connectivity index (χ4n) is 2.22. The highest BCUT2D eigenvalue weighted by atomic mass is 32.2. The summed E-state index contributed by atoms with van der Waals surface area (Å²) in [7, 11) is -3.50. The zero-order valence-corrected chi connectivity index (χ0v) is 12.7. The summed E-state index contributed by atoms with van der Waals surface area (Å²) in [6.45, 7) is 2.22. The summed E-state index contributed by atoms with van der Waals surface area (Å²) in [5, 5.41) is 0. The molecule has 5 heteroatoms. The fraction of sp³-hybridized carbons (Fsp3) is 0.600. The maximum absolute atomic E-state index is 12.1. The van der Waals surface area contributed by atoms with Crippen LogP contribution in [-0.4, -0.2) is 20.0 Å². The molecule has 1 aromatic rings. The lowest BCUT2D eigenvalue weighted by Crippen LogP contribution is -2.26. The maximum atomic E-state index is 12.1. The highest BCUT2D eigenvalue weighted by molar-refractivity contribution is 7.88. The molecule has 1 aliphatic carbocycles. The molecule has 1 aliphatic rings. The second-order valence-corrected chi connectivity index (χ2v) is 7.32. The zero-order chi connectivity index (χ0) is 14.5. The number of ether oxygens (including phenoxy) is 1. The lowest BCUT2D eigenvalue weighted by molar-refractivity contribution is 0.00789. The van der Waals surface area contributed by atoms with E-state index in [0.29, 0.717) is 25.9 Å². The number of unbranched alkanes of at least 4 members (excludes halogenated alkanes) is 1. The molecule has 0 N–H and O–H groups in total. The predicted molar refractivity (Wildman–Crippen MR) is 77.6 cm³/mol. The lowest BCUT2D eigenvalue weighted by atomic mass is 10.2. The topological polar surface area (TPSA) is 52.6 Å². The van der Waals surface area contributed by atoms with Gasteiger partial charge in [0.2, 0.25) is 0 Å². The molecule has 0 amide bonds. The predicted octanol–water partition coefficient (Wildman–Crippen LogP) is 3.23. The molecular weight excluding hydrogens is 276 g/mol. The van der Waals surface area contributed by atoms with Crippen LogP contribution in [-0.2, 0) is 25.6 Å². The van der Waals surface area contributed by atoms with Crippen molar-refractivity contribution >= 4 is 10.1 Å². The van der Waals surface area contributed by atoms with Crippen LogP contribution in [0.5, 0.6) is 0 Å². The summed E-state index contributed by atoms with van der Waals surface area (Å²) in [5.41, 5.74) is 1.00. The molecule has 0 unspecified atom stereocenters. The minimum absolute atomic E-state index is 0.203. The molecule has 1 saturated carbocycles. The van der Waals surface area contributed by atoms with E-state index in [4.69, 9.17) is 8.92 Å². The quantitative estimate of drug-likeness (QED) is 0.399. The van der Waals surface area contributed by atoms with Gasteiger partial charge in [-0.2, -0.15) is 8.42 Å². The molecule has 4 nitrogen and oxygen atoms in total. The molecule has 0 aliphatic heterocycles. The van der Waals surface area contributed by atoms with Gasteiger partial charge in [-0.25, -0.2) is 4.18 Å². The first kappa shape index (κ1) is 15.5. The number of hydrogen-bond donors (Lipinski definition) is 0. The zero-order valence-electron chi connectivity index (χ0n) is 11.9. The molecule has 112 valence electrons. The van der Waals surface area contributed by atoms with Crippen LogP contribution in [0.3, 0.4) is 0 Å². The number of rotatable bonds is 9. The van der Waals surface area contributed by atoms with Crippen molar-refractivity contribution in [3.63, 3.8) is 0 Å². The SMILES string of the molecule is CCCCC1(S(=O)(=O)OCOCc2ccccc2)CC1. The molecule has 0 aromatic heterocycles. The van der Waals surface area contributed by atoms with Gasteiger partial charge in [0, 0.05) is 0 Å². The number of hydrogen-bond acceptors (Lipinski definition) is 4. The molecule has 1 aromatic carbocycles. The highest BCUT2D eigenvalue weighted by Crippen LogP contribution is 2.48. The van der Waals surface area contributed by atoms with E-state index >= 15 is 0 Å². The van der Waals surface area contributed by atoms with Crippen molar-refractivity contribution in [3.8, 4) is 0 Å². The van der Waals surface area contributed by atoms with E-state index in [1.807, 2.05) is 30.3 Å². The van der Waals surface area contributed by atoms with E-state index in [-0.39, 0.29) is 6.79 Å². The van der Waals surface area contributed by atoms with E-state index in [9.17, 15) is 8.42 Å². The molecule has 1 fully saturated rings. The third-order valence-corrected chi connectivity index (χ3v) is 5.80. The Kier molecular flexibility index (Phi) is 5.18. The van der Waals surface area contributed by atoms with Crippen LogP contribution in [0.2, 0.25) is 0 Å². The van der Waals surface area contributed by atoms with Crippen molar-refractivity contribution in [2.75, 3.05) is 6.79 Å². The summed E-state index contributed by atoms with van der Waals surface area (Å²) in [6.07, 6.45) is 4.06. The van der Waals surface area contributed by atoms with Crippen molar-refractivity contribution in [1.82, 2.24) is 0 Å². The Morgan fingerprint density at radius 2 is 1.90 bits per heavy atom. The minimum atomic E-state index is -3.50. The second kappa shape index (κ2) is 6.70. The summed E-state index contributed by atoms with van der Waals surface area (Å²) in [6, 6.07) is 9.62. The van der Waals surface area contributed by atoms with Gasteiger partial charge in [-0.05, 0) is 24.8 Å². The summed E-state index contributed by atoms with van der Waals surface area (Å²) < 4.78 is 33.9. The van der Waals surface area contributed by atoms with Crippen molar-refractivity contribution in [3.05, 3.63) is 35.9 Å². The van der Waals surface area contributed by atoms with Crippen molar-refractivity contribution in [2.24, 2.45) is 0 Å². The first-order valence-electron chi connectivity index (χ1n) is 7.10. The van der Waals surface area contributed by atoms with Gasteiger partial charge in [-0.1, -0.05) is 50.1 Å². The van der Waals surface area contributed by atoms with Crippen LogP contribution < -0.4 is 0 Å². The Labute approximate surface area is 121 Å². The van der Waals surface area contributed by atoms with E-state index < -0.39 is 14.9 Å². The van der Waals surface area contributed by atoms with Gasteiger partial charge in [0.25, 0.3) is 10.1 Å². The van der Waals surface area contributed by atoms with Crippen molar-refractivity contribution in [2.45, 2.75) is 50.4 Å². The molecule has 0 heterocycles. The summed E-state index contributed by atoms with van der Waals surface area (Å²) in [4.78, 5) is 0. The van der Waals surface area contributed by atoms with Gasteiger partial charge in [-0.3, -0.25) is 0 Å². The van der Waals surface area contributed by atoms with Gasteiger partial charge in [0.05, 0.1) is 11.4 Å². The molecule has 0 bridgehead atoms. The Bertz CT molecular complexity index is 506. The van der Waals surface area contributed by atoms with Crippen LogP contribution in [0.25, 0.3) is 0 Å². The average Bonchev–Trinajstić information content (AvgIpc) is 3.24.